The second-order valence-corrected chi connectivity index (χ2v) is 4.29. The molecule has 1 rings (SSSR count). The van der Waals surface area contributed by atoms with E-state index in [-0.39, 0.29) is 17.6 Å². The molecule has 0 heterocycles. The molecule has 1 aromatic rings. The standard InChI is InChI=1S/C14H22FNO2/c1-3-4-7-17-8-9-18-14-6-5-12(11(2)16)10-13(14)15/h5-6,10-11H,3-4,7-9,16H2,1-2H3/t11-/m0/s1. The first-order valence-corrected chi connectivity index (χ1v) is 6.40. The van der Waals surface area contributed by atoms with Gasteiger partial charge in [-0.1, -0.05) is 19.4 Å². The molecule has 0 aliphatic heterocycles. The fourth-order valence-corrected chi connectivity index (χ4v) is 1.48. The molecule has 0 amide bonds. The lowest BCUT2D eigenvalue weighted by molar-refractivity contribution is 0.0967. The third-order valence-electron chi connectivity index (χ3n) is 2.61. The summed E-state index contributed by atoms with van der Waals surface area (Å²) < 4.78 is 24.3. The number of hydrogen-bond donors (Lipinski definition) is 1. The van der Waals surface area contributed by atoms with Gasteiger partial charge in [0.2, 0.25) is 0 Å². The van der Waals surface area contributed by atoms with E-state index in [9.17, 15) is 4.39 Å². The zero-order valence-electron chi connectivity index (χ0n) is 11.1. The van der Waals surface area contributed by atoms with Crippen LogP contribution in [0, 0.1) is 5.82 Å². The Kier molecular flexibility index (Phi) is 6.68. The summed E-state index contributed by atoms with van der Waals surface area (Å²) in [6.45, 7) is 5.49. The summed E-state index contributed by atoms with van der Waals surface area (Å²) in [5.41, 5.74) is 6.44. The molecule has 1 atom stereocenters. The Morgan fingerprint density at radius 1 is 1.28 bits per heavy atom. The largest absolute Gasteiger partial charge is 0.488 e. The second kappa shape index (κ2) is 8.06. The molecule has 0 unspecified atom stereocenters. The van der Waals surface area contributed by atoms with Gasteiger partial charge in [-0.15, -0.1) is 0 Å². The monoisotopic (exact) mass is 255 g/mol. The molecule has 4 heteroatoms. The van der Waals surface area contributed by atoms with Gasteiger partial charge in [0.05, 0.1) is 6.61 Å². The average molecular weight is 255 g/mol. The molecule has 102 valence electrons. The van der Waals surface area contributed by atoms with E-state index in [1.165, 1.54) is 6.07 Å². The molecule has 0 spiro atoms. The zero-order chi connectivity index (χ0) is 13.4. The number of benzene rings is 1. The van der Waals surface area contributed by atoms with Gasteiger partial charge in [0.15, 0.2) is 11.6 Å². The normalized spacial score (nSPS) is 12.4. The molecule has 1 aromatic carbocycles. The van der Waals surface area contributed by atoms with Gasteiger partial charge in [0.1, 0.15) is 6.61 Å². The first kappa shape index (κ1) is 14.9. The molecule has 3 nitrogen and oxygen atoms in total. The van der Waals surface area contributed by atoms with Crippen molar-refractivity contribution in [1.29, 1.82) is 0 Å². The fourth-order valence-electron chi connectivity index (χ4n) is 1.48. The Morgan fingerprint density at radius 3 is 2.67 bits per heavy atom. The number of halogens is 1. The highest BCUT2D eigenvalue weighted by molar-refractivity contribution is 5.30. The van der Waals surface area contributed by atoms with Crippen LogP contribution < -0.4 is 10.5 Å². The third kappa shape index (κ3) is 5.02. The lowest BCUT2D eigenvalue weighted by Gasteiger charge is -2.10. The SMILES string of the molecule is CCCCOCCOc1ccc([C@H](C)N)cc1F. The minimum atomic E-state index is -0.377. The predicted octanol–water partition coefficient (Wildman–Crippen LogP) is 3.04. The number of rotatable bonds is 8. The maximum Gasteiger partial charge on any atom is 0.165 e. The number of ether oxygens (including phenoxy) is 2. The van der Waals surface area contributed by atoms with Crippen molar-refractivity contribution in [3.8, 4) is 5.75 Å². The lowest BCUT2D eigenvalue weighted by atomic mass is 10.1. The van der Waals surface area contributed by atoms with Crippen molar-refractivity contribution in [2.24, 2.45) is 5.73 Å². The van der Waals surface area contributed by atoms with E-state index in [4.69, 9.17) is 15.2 Å². The van der Waals surface area contributed by atoms with E-state index < -0.39 is 0 Å². The average Bonchev–Trinajstić information content (AvgIpc) is 2.35. The first-order chi connectivity index (χ1) is 8.65. The molecular formula is C14H22FNO2. The van der Waals surface area contributed by atoms with Crippen molar-refractivity contribution < 1.29 is 13.9 Å². The highest BCUT2D eigenvalue weighted by atomic mass is 19.1. The molecule has 0 radical (unpaired) electrons. The quantitative estimate of drug-likeness (QED) is 0.726. The van der Waals surface area contributed by atoms with Gasteiger partial charge in [-0.25, -0.2) is 4.39 Å². The van der Waals surface area contributed by atoms with Crippen molar-refractivity contribution in [3.63, 3.8) is 0 Å². The summed E-state index contributed by atoms with van der Waals surface area (Å²) >= 11 is 0. The molecular weight excluding hydrogens is 233 g/mol. The van der Waals surface area contributed by atoms with Gasteiger partial charge < -0.3 is 15.2 Å². The van der Waals surface area contributed by atoms with Crippen molar-refractivity contribution in [2.45, 2.75) is 32.7 Å². The van der Waals surface area contributed by atoms with Crippen molar-refractivity contribution >= 4 is 0 Å². The van der Waals surface area contributed by atoms with E-state index in [1.54, 1.807) is 12.1 Å². The van der Waals surface area contributed by atoms with E-state index >= 15 is 0 Å². The summed E-state index contributed by atoms with van der Waals surface area (Å²) in [6, 6.07) is 4.63. The molecule has 18 heavy (non-hydrogen) atoms. The van der Waals surface area contributed by atoms with Crippen molar-refractivity contribution in [2.75, 3.05) is 19.8 Å². The molecule has 0 saturated heterocycles. The highest BCUT2D eigenvalue weighted by Crippen LogP contribution is 2.20. The molecule has 0 saturated carbocycles. The molecule has 0 aliphatic rings. The van der Waals surface area contributed by atoms with E-state index in [0.29, 0.717) is 13.2 Å². The summed E-state index contributed by atoms with van der Waals surface area (Å²) in [5, 5.41) is 0. The van der Waals surface area contributed by atoms with Crippen molar-refractivity contribution in [3.05, 3.63) is 29.6 Å². The van der Waals surface area contributed by atoms with Gasteiger partial charge in [-0.2, -0.15) is 0 Å². The minimum absolute atomic E-state index is 0.175. The van der Waals surface area contributed by atoms with Crippen LogP contribution in [0.4, 0.5) is 4.39 Å². The van der Waals surface area contributed by atoms with Crippen LogP contribution in [0.1, 0.15) is 38.3 Å². The van der Waals surface area contributed by atoms with Crippen LogP contribution in [-0.4, -0.2) is 19.8 Å². The van der Waals surface area contributed by atoms with Crippen molar-refractivity contribution in [1.82, 2.24) is 0 Å². The summed E-state index contributed by atoms with van der Waals surface area (Å²) in [6.07, 6.45) is 2.14. The maximum atomic E-state index is 13.6. The van der Waals surface area contributed by atoms with Crippen LogP contribution in [0.25, 0.3) is 0 Å². The Balaban J connectivity index is 2.34. The lowest BCUT2D eigenvalue weighted by Crippen LogP contribution is -2.09. The third-order valence-corrected chi connectivity index (χ3v) is 2.61. The van der Waals surface area contributed by atoms with Gasteiger partial charge >= 0.3 is 0 Å². The molecule has 0 fully saturated rings. The van der Waals surface area contributed by atoms with E-state index in [2.05, 4.69) is 6.92 Å². The molecule has 2 N–H and O–H groups in total. The van der Waals surface area contributed by atoms with Gasteiger partial charge in [0.25, 0.3) is 0 Å². The summed E-state index contributed by atoms with van der Waals surface area (Å²) in [7, 11) is 0. The molecule has 0 aliphatic carbocycles. The van der Waals surface area contributed by atoms with E-state index in [0.717, 1.165) is 25.0 Å². The van der Waals surface area contributed by atoms with Crippen LogP contribution in [0.2, 0.25) is 0 Å². The molecule has 0 aromatic heterocycles. The van der Waals surface area contributed by atoms with E-state index in [1.807, 2.05) is 6.92 Å². The Bertz CT molecular complexity index is 356. The first-order valence-electron chi connectivity index (χ1n) is 6.40. The van der Waals surface area contributed by atoms with Crippen LogP contribution in [0.5, 0.6) is 5.75 Å². The number of nitrogens with two attached hydrogens (primary N) is 1. The summed E-state index contributed by atoms with van der Waals surface area (Å²) in [5.74, 6) is -0.128. The van der Waals surface area contributed by atoms with Crippen LogP contribution in [0.3, 0.4) is 0 Å². The summed E-state index contributed by atoms with van der Waals surface area (Å²) in [4.78, 5) is 0. The van der Waals surface area contributed by atoms with Crippen LogP contribution >= 0.6 is 0 Å². The van der Waals surface area contributed by atoms with Crippen LogP contribution in [-0.2, 0) is 4.74 Å². The number of unbranched alkanes of at least 4 members (excludes halogenated alkanes) is 1. The van der Waals surface area contributed by atoms with Crippen LogP contribution in [0.15, 0.2) is 18.2 Å². The topological polar surface area (TPSA) is 44.5 Å². The van der Waals surface area contributed by atoms with Gasteiger partial charge in [-0.05, 0) is 31.0 Å². The predicted molar refractivity (Wildman–Crippen MR) is 70.2 cm³/mol. The highest BCUT2D eigenvalue weighted by Gasteiger charge is 2.07. The smallest absolute Gasteiger partial charge is 0.165 e. The second-order valence-electron chi connectivity index (χ2n) is 4.29. The Labute approximate surface area is 108 Å². The molecule has 0 bridgehead atoms. The number of hydrogen-bond acceptors (Lipinski definition) is 3. The van der Waals surface area contributed by atoms with Gasteiger partial charge in [-0.3, -0.25) is 0 Å². The Hall–Kier alpha value is -1.13. The maximum absolute atomic E-state index is 13.6. The minimum Gasteiger partial charge on any atom is -0.488 e. The zero-order valence-corrected chi connectivity index (χ0v) is 11.1. The van der Waals surface area contributed by atoms with Gasteiger partial charge in [0, 0.05) is 12.6 Å². The Morgan fingerprint density at radius 2 is 2.06 bits per heavy atom. The fraction of sp³-hybridized carbons (Fsp3) is 0.571.